The lowest BCUT2D eigenvalue weighted by Crippen LogP contribution is -2.49. The number of ether oxygens (including phenoxy) is 1. The lowest BCUT2D eigenvalue weighted by molar-refractivity contribution is -0.139. The van der Waals surface area contributed by atoms with Crippen LogP contribution in [0.5, 0.6) is 0 Å². The molecule has 0 bridgehead atoms. The van der Waals surface area contributed by atoms with Crippen molar-refractivity contribution in [3.05, 3.63) is 71.8 Å². The van der Waals surface area contributed by atoms with Crippen molar-refractivity contribution < 1.29 is 19.4 Å². The summed E-state index contributed by atoms with van der Waals surface area (Å²) in [6, 6.07) is 19.5. The zero-order valence-corrected chi connectivity index (χ0v) is 15.3. The third-order valence-corrected chi connectivity index (χ3v) is 5.04. The number of carboxylic acid groups (broad SMARTS) is 1. The fraction of sp³-hybridized carbons (Fsp3) is 0.364. The summed E-state index contributed by atoms with van der Waals surface area (Å²) in [5.41, 5.74) is 1.30. The molecule has 1 fully saturated rings. The first kappa shape index (κ1) is 19.1. The number of carbonyl (C=O) groups excluding carboxylic acids is 1. The third kappa shape index (κ3) is 5.17. The molecule has 0 radical (unpaired) electrons. The highest BCUT2D eigenvalue weighted by molar-refractivity contribution is 5.79. The molecule has 1 aliphatic carbocycles. The second-order valence-corrected chi connectivity index (χ2v) is 7.12. The van der Waals surface area contributed by atoms with Crippen molar-refractivity contribution >= 4 is 11.9 Å². The average molecular weight is 367 g/mol. The lowest BCUT2D eigenvalue weighted by Gasteiger charge is -2.29. The molecule has 0 atom stereocenters. The Morgan fingerprint density at radius 2 is 1.48 bits per heavy atom. The topological polar surface area (TPSA) is 75.6 Å². The van der Waals surface area contributed by atoms with Crippen LogP contribution in [0.2, 0.25) is 0 Å². The van der Waals surface area contributed by atoms with E-state index in [1.165, 1.54) is 0 Å². The van der Waals surface area contributed by atoms with Gasteiger partial charge in [0.05, 0.1) is 12.0 Å². The van der Waals surface area contributed by atoms with Crippen molar-refractivity contribution in [3.63, 3.8) is 0 Å². The largest absolute Gasteiger partial charge is 0.481 e. The van der Waals surface area contributed by atoms with Crippen LogP contribution in [0.1, 0.15) is 49.3 Å². The van der Waals surface area contributed by atoms with Gasteiger partial charge in [0.1, 0.15) is 12.7 Å². The summed E-state index contributed by atoms with van der Waals surface area (Å²) >= 11 is 0. The Labute approximate surface area is 159 Å². The van der Waals surface area contributed by atoms with E-state index in [-0.39, 0.29) is 25.0 Å². The van der Waals surface area contributed by atoms with E-state index in [0.717, 1.165) is 24.0 Å². The van der Waals surface area contributed by atoms with Crippen LogP contribution in [0.25, 0.3) is 0 Å². The zero-order chi connectivity index (χ0) is 19.1. The molecule has 3 rings (SSSR count). The quantitative estimate of drug-likeness (QED) is 0.746. The molecule has 0 aliphatic heterocycles. The highest BCUT2D eigenvalue weighted by atomic mass is 16.5. The Morgan fingerprint density at radius 3 is 1.96 bits per heavy atom. The number of amides is 1. The number of carboxylic acids is 1. The van der Waals surface area contributed by atoms with Crippen molar-refractivity contribution in [1.82, 2.24) is 5.32 Å². The maximum absolute atomic E-state index is 12.5. The molecular formula is C22H25NO4. The fourth-order valence-electron chi connectivity index (χ4n) is 3.82. The van der Waals surface area contributed by atoms with Crippen LogP contribution >= 0.6 is 0 Å². The molecule has 1 amide bonds. The van der Waals surface area contributed by atoms with Crippen molar-refractivity contribution in [2.45, 2.75) is 43.7 Å². The van der Waals surface area contributed by atoms with Gasteiger partial charge in [0, 0.05) is 0 Å². The maximum Gasteiger partial charge on any atom is 0.305 e. The summed E-state index contributed by atoms with van der Waals surface area (Å²) in [5, 5.41) is 12.1. The minimum Gasteiger partial charge on any atom is -0.481 e. The molecule has 2 aromatic carbocycles. The Hall–Kier alpha value is -2.66. The van der Waals surface area contributed by atoms with Crippen molar-refractivity contribution in [2.75, 3.05) is 6.61 Å². The molecule has 142 valence electrons. The van der Waals surface area contributed by atoms with E-state index in [4.69, 9.17) is 4.74 Å². The number of rotatable bonds is 8. The highest BCUT2D eigenvalue weighted by Crippen LogP contribution is 2.33. The predicted molar refractivity (Wildman–Crippen MR) is 102 cm³/mol. The van der Waals surface area contributed by atoms with E-state index < -0.39 is 11.5 Å². The Kier molecular flexibility index (Phi) is 6.24. The molecule has 0 saturated heterocycles. The number of hydrogen-bond donors (Lipinski definition) is 2. The van der Waals surface area contributed by atoms with Gasteiger partial charge in [0.2, 0.25) is 5.91 Å². The molecule has 0 aromatic heterocycles. The van der Waals surface area contributed by atoms with Crippen LogP contribution < -0.4 is 5.32 Å². The SMILES string of the molecule is O=C(O)CC1(NC(=O)COC(c2ccccc2)c2ccccc2)CCCC1. The Bertz CT molecular complexity index is 715. The molecule has 0 unspecified atom stereocenters. The molecule has 0 heterocycles. The monoisotopic (exact) mass is 367 g/mol. The summed E-state index contributed by atoms with van der Waals surface area (Å²) < 4.78 is 5.98. The molecule has 2 aromatic rings. The molecule has 2 N–H and O–H groups in total. The molecular weight excluding hydrogens is 342 g/mol. The third-order valence-electron chi connectivity index (χ3n) is 5.04. The van der Waals surface area contributed by atoms with Crippen molar-refractivity contribution in [1.29, 1.82) is 0 Å². The van der Waals surface area contributed by atoms with Crippen LogP contribution in [0, 0.1) is 0 Å². The number of hydrogen-bond acceptors (Lipinski definition) is 3. The maximum atomic E-state index is 12.5. The van der Waals surface area contributed by atoms with Gasteiger partial charge >= 0.3 is 5.97 Å². The number of carbonyl (C=O) groups is 2. The number of benzene rings is 2. The van der Waals surface area contributed by atoms with Crippen molar-refractivity contribution in [3.8, 4) is 0 Å². The van der Waals surface area contributed by atoms with E-state index in [2.05, 4.69) is 5.32 Å². The van der Waals surface area contributed by atoms with Gasteiger partial charge in [-0.25, -0.2) is 0 Å². The Morgan fingerprint density at radius 1 is 0.963 bits per heavy atom. The van der Waals surface area contributed by atoms with Gasteiger partial charge in [-0.05, 0) is 24.0 Å². The van der Waals surface area contributed by atoms with E-state index >= 15 is 0 Å². The van der Waals surface area contributed by atoms with E-state index in [1.54, 1.807) is 0 Å². The molecule has 1 aliphatic rings. The minimum atomic E-state index is -0.885. The van der Waals surface area contributed by atoms with Gasteiger partial charge in [-0.2, -0.15) is 0 Å². The highest BCUT2D eigenvalue weighted by Gasteiger charge is 2.37. The normalized spacial score (nSPS) is 15.6. The number of aliphatic carboxylic acids is 1. The molecule has 1 saturated carbocycles. The van der Waals surface area contributed by atoms with Gasteiger partial charge in [0.15, 0.2) is 0 Å². The summed E-state index contributed by atoms with van der Waals surface area (Å²) in [6.45, 7) is -0.115. The predicted octanol–water partition coefficient (Wildman–Crippen LogP) is 3.70. The summed E-state index contributed by atoms with van der Waals surface area (Å²) in [5.74, 6) is -1.15. The summed E-state index contributed by atoms with van der Waals surface area (Å²) in [7, 11) is 0. The molecule has 27 heavy (non-hydrogen) atoms. The van der Waals surface area contributed by atoms with Crippen LogP contribution in [0.3, 0.4) is 0 Å². The van der Waals surface area contributed by atoms with Crippen LogP contribution in [-0.2, 0) is 14.3 Å². The van der Waals surface area contributed by atoms with E-state index in [9.17, 15) is 14.7 Å². The first-order chi connectivity index (χ1) is 13.1. The minimum absolute atomic E-state index is 0.0421. The standard InChI is InChI=1S/C22H25NO4/c24-19(23-22(15-20(25)26)13-7-8-14-22)16-27-21(17-9-3-1-4-10-17)18-11-5-2-6-12-18/h1-6,9-12,21H,7-8,13-16H2,(H,23,24)(H,25,26). The van der Waals surface area contributed by atoms with Crippen LogP contribution in [0.4, 0.5) is 0 Å². The van der Waals surface area contributed by atoms with E-state index in [1.807, 2.05) is 60.7 Å². The van der Waals surface area contributed by atoms with Gasteiger partial charge in [0.25, 0.3) is 0 Å². The molecule has 5 nitrogen and oxygen atoms in total. The molecule has 5 heteroatoms. The number of nitrogens with one attached hydrogen (secondary N) is 1. The summed E-state index contributed by atoms with van der Waals surface area (Å²) in [6.07, 6.45) is 2.88. The fourth-order valence-corrected chi connectivity index (χ4v) is 3.82. The van der Waals surface area contributed by atoms with Gasteiger partial charge in [-0.3, -0.25) is 9.59 Å². The second-order valence-electron chi connectivity index (χ2n) is 7.12. The van der Waals surface area contributed by atoms with Crippen LogP contribution in [-0.4, -0.2) is 29.1 Å². The lowest BCUT2D eigenvalue weighted by atomic mass is 9.93. The molecule has 0 spiro atoms. The van der Waals surface area contributed by atoms with E-state index in [0.29, 0.717) is 12.8 Å². The van der Waals surface area contributed by atoms with Gasteiger partial charge in [-0.15, -0.1) is 0 Å². The van der Waals surface area contributed by atoms with Gasteiger partial charge < -0.3 is 15.2 Å². The van der Waals surface area contributed by atoms with Gasteiger partial charge in [-0.1, -0.05) is 73.5 Å². The zero-order valence-electron chi connectivity index (χ0n) is 15.3. The Balaban J connectivity index is 1.68. The first-order valence-corrected chi connectivity index (χ1v) is 9.32. The smallest absolute Gasteiger partial charge is 0.305 e. The summed E-state index contributed by atoms with van der Waals surface area (Å²) in [4.78, 5) is 23.7. The average Bonchev–Trinajstić information content (AvgIpc) is 3.10. The van der Waals surface area contributed by atoms with Crippen LogP contribution in [0.15, 0.2) is 60.7 Å². The second kappa shape index (κ2) is 8.82. The van der Waals surface area contributed by atoms with Crippen molar-refractivity contribution in [2.24, 2.45) is 0 Å². The first-order valence-electron chi connectivity index (χ1n) is 9.32.